The maximum Gasteiger partial charge on any atom is 0.408 e. The van der Waals surface area contributed by atoms with Gasteiger partial charge in [-0.2, -0.15) is 0 Å². The molecule has 0 spiro atoms. The molecule has 2 aromatic rings. The molecule has 1 saturated heterocycles. The normalized spacial score (nSPS) is 19.1. The topological polar surface area (TPSA) is 80.5 Å². The van der Waals surface area contributed by atoms with Gasteiger partial charge >= 0.3 is 6.09 Å². The summed E-state index contributed by atoms with van der Waals surface area (Å²) in [5.74, 6) is -3.00. The van der Waals surface area contributed by atoms with Gasteiger partial charge in [0, 0.05) is 49.2 Å². The summed E-state index contributed by atoms with van der Waals surface area (Å²) in [5.41, 5.74) is 9.64. The number of carbonyl (C=O) groups excluding carboxylic acids is 1. The number of anilines is 1. The molecule has 0 bridgehead atoms. The number of amides is 1. The Labute approximate surface area is 181 Å². The summed E-state index contributed by atoms with van der Waals surface area (Å²) in [6.45, 7) is 7.68. The van der Waals surface area contributed by atoms with E-state index in [-0.39, 0.29) is 19.5 Å². The number of nitrogens with two attached hydrogens (primary N) is 1. The maximum absolute atomic E-state index is 14.4. The minimum atomic E-state index is -3.00. The van der Waals surface area contributed by atoms with Crippen LogP contribution in [-0.2, 0) is 11.3 Å². The lowest BCUT2D eigenvalue weighted by Gasteiger charge is -2.38. The molecule has 1 aliphatic rings. The van der Waals surface area contributed by atoms with E-state index < -0.39 is 23.7 Å². The number of pyridine rings is 1. The molecular weight excluding hydrogens is 402 g/mol. The van der Waals surface area contributed by atoms with Crippen molar-refractivity contribution < 1.29 is 18.3 Å². The van der Waals surface area contributed by atoms with E-state index in [1.165, 1.54) is 0 Å². The van der Waals surface area contributed by atoms with E-state index in [4.69, 9.17) is 10.5 Å². The van der Waals surface area contributed by atoms with E-state index in [9.17, 15) is 13.6 Å². The number of benzene rings is 1. The molecule has 3 N–H and O–H groups in total. The molecule has 0 aliphatic carbocycles. The molecule has 3 rings (SSSR count). The molecule has 1 fully saturated rings. The molecule has 31 heavy (non-hydrogen) atoms. The number of piperidine rings is 1. The molecule has 8 heteroatoms. The Hall–Kier alpha value is -2.74. The van der Waals surface area contributed by atoms with Crippen LogP contribution in [0, 0.1) is 6.92 Å². The first-order chi connectivity index (χ1) is 14.4. The minimum Gasteiger partial charge on any atom is -0.444 e. The zero-order valence-corrected chi connectivity index (χ0v) is 18.4. The quantitative estimate of drug-likeness (QED) is 0.701. The molecule has 1 aromatic carbocycles. The van der Waals surface area contributed by atoms with Crippen LogP contribution < -0.4 is 11.1 Å². The van der Waals surface area contributed by atoms with Gasteiger partial charge < -0.3 is 15.8 Å². The Morgan fingerprint density at radius 3 is 2.68 bits per heavy atom. The number of aromatic nitrogens is 1. The zero-order valence-electron chi connectivity index (χ0n) is 18.4. The van der Waals surface area contributed by atoms with Crippen LogP contribution >= 0.6 is 0 Å². The van der Waals surface area contributed by atoms with Crippen LogP contribution in [0.5, 0.6) is 0 Å². The summed E-state index contributed by atoms with van der Waals surface area (Å²) >= 11 is 0. The molecule has 0 saturated carbocycles. The lowest BCUT2D eigenvalue weighted by molar-refractivity contribution is -0.0859. The second-order valence-electron chi connectivity index (χ2n) is 9.10. The Balaban J connectivity index is 1.72. The van der Waals surface area contributed by atoms with Crippen molar-refractivity contribution in [1.29, 1.82) is 0 Å². The largest absolute Gasteiger partial charge is 0.444 e. The van der Waals surface area contributed by atoms with Crippen LogP contribution in [0.2, 0.25) is 0 Å². The number of halogens is 2. The summed E-state index contributed by atoms with van der Waals surface area (Å²) in [6, 6.07) is 8.28. The van der Waals surface area contributed by atoms with Crippen molar-refractivity contribution in [1.82, 2.24) is 15.2 Å². The maximum atomic E-state index is 14.4. The van der Waals surface area contributed by atoms with E-state index in [2.05, 4.69) is 10.3 Å². The SMILES string of the molecule is Cc1ccc(-c2cc(N)cc(CN3CCC(F)(F)[C@H](NC(=O)OC(C)(C)C)C3)c2)cn1. The minimum absolute atomic E-state index is 0.0163. The Bertz CT molecular complexity index is 926. The number of rotatable bonds is 4. The van der Waals surface area contributed by atoms with Crippen molar-refractivity contribution in [3.05, 3.63) is 47.8 Å². The van der Waals surface area contributed by atoms with E-state index in [0.29, 0.717) is 12.2 Å². The average Bonchev–Trinajstić information content (AvgIpc) is 2.63. The first kappa shape index (κ1) is 22.9. The van der Waals surface area contributed by atoms with Gasteiger partial charge in [-0.1, -0.05) is 6.07 Å². The van der Waals surface area contributed by atoms with Crippen LogP contribution in [-0.4, -0.2) is 46.6 Å². The van der Waals surface area contributed by atoms with Crippen LogP contribution in [0.4, 0.5) is 19.3 Å². The summed E-state index contributed by atoms with van der Waals surface area (Å²) in [6.07, 6.45) is 0.609. The first-order valence-electron chi connectivity index (χ1n) is 10.3. The van der Waals surface area contributed by atoms with Crippen LogP contribution in [0.25, 0.3) is 11.1 Å². The van der Waals surface area contributed by atoms with Gasteiger partial charge in [-0.25, -0.2) is 13.6 Å². The zero-order chi connectivity index (χ0) is 22.8. The molecule has 2 heterocycles. The molecule has 1 aromatic heterocycles. The monoisotopic (exact) mass is 432 g/mol. The summed E-state index contributed by atoms with van der Waals surface area (Å²) in [5, 5.41) is 2.35. The van der Waals surface area contributed by atoms with Gasteiger partial charge in [-0.3, -0.25) is 9.88 Å². The predicted octanol–water partition coefficient (Wildman–Crippen LogP) is 4.37. The average molecular weight is 433 g/mol. The number of hydrogen-bond acceptors (Lipinski definition) is 5. The van der Waals surface area contributed by atoms with Gasteiger partial charge in [0.2, 0.25) is 0 Å². The van der Waals surface area contributed by atoms with Crippen molar-refractivity contribution in [2.24, 2.45) is 0 Å². The van der Waals surface area contributed by atoms with Crippen LogP contribution in [0.1, 0.15) is 38.4 Å². The highest BCUT2D eigenvalue weighted by Gasteiger charge is 2.45. The highest BCUT2D eigenvalue weighted by molar-refractivity contribution is 5.69. The van der Waals surface area contributed by atoms with Crippen molar-refractivity contribution in [2.75, 3.05) is 18.8 Å². The molecule has 1 atom stereocenters. The summed E-state index contributed by atoms with van der Waals surface area (Å²) in [7, 11) is 0. The number of alkyl carbamates (subject to hydrolysis) is 1. The van der Waals surface area contributed by atoms with Gasteiger partial charge in [-0.15, -0.1) is 0 Å². The summed E-state index contributed by atoms with van der Waals surface area (Å²) < 4.78 is 34.0. The third-order valence-corrected chi connectivity index (χ3v) is 5.07. The molecule has 0 radical (unpaired) electrons. The molecule has 0 unspecified atom stereocenters. The van der Waals surface area contributed by atoms with Crippen LogP contribution in [0.15, 0.2) is 36.5 Å². The van der Waals surface area contributed by atoms with E-state index in [0.717, 1.165) is 22.4 Å². The Morgan fingerprint density at radius 2 is 2.03 bits per heavy atom. The second kappa shape index (κ2) is 8.78. The molecule has 6 nitrogen and oxygen atoms in total. The third kappa shape index (κ3) is 6.37. The highest BCUT2D eigenvalue weighted by atomic mass is 19.3. The number of alkyl halides is 2. The fourth-order valence-electron chi connectivity index (χ4n) is 3.58. The Morgan fingerprint density at radius 1 is 1.29 bits per heavy atom. The highest BCUT2D eigenvalue weighted by Crippen LogP contribution is 2.30. The molecule has 168 valence electrons. The number of likely N-dealkylation sites (tertiary alicyclic amines) is 1. The molecule has 1 aliphatic heterocycles. The van der Waals surface area contributed by atoms with Gasteiger partial charge in [0.25, 0.3) is 5.92 Å². The number of nitrogens with one attached hydrogen (secondary N) is 1. The fraction of sp³-hybridized carbons (Fsp3) is 0.478. The van der Waals surface area contributed by atoms with Gasteiger partial charge in [0.15, 0.2) is 0 Å². The first-order valence-corrected chi connectivity index (χ1v) is 10.3. The number of carbonyl (C=O) groups is 1. The smallest absolute Gasteiger partial charge is 0.408 e. The van der Waals surface area contributed by atoms with Crippen molar-refractivity contribution in [3.63, 3.8) is 0 Å². The second-order valence-corrected chi connectivity index (χ2v) is 9.10. The lowest BCUT2D eigenvalue weighted by Crippen LogP contribution is -2.58. The third-order valence-electron chi connectivity index (χ3n) is 5.07. The number of hydrogen-bond donors (Lipinski definition) is 2. The molecular formula is C23H30F2N4O2. The number of ether oxygens (including phenoxy) is 1. The van der Waals surface area contributed by atoms with Crippen molar-refractivity contribution in [3.8, 4) is 11.1 Å². The predicted molar refractivity (Wildman–Crippen MR) is 117 cm³/mol. The fourth-order valence-corrected chi connectivity index (χ4v) is 3.58. The summed E-state index contributed by atoms with van der Waals surface area (Å²) in [4.78, 5) is 18.3. The van der Waals surface area contributed by atoms with Gasteiger partial charge in [0.1, 0.15) is 11.6 Å². The van der Waals surface area contributed by atoms with E-state index >= 15 is 0 Å². The van der Waals surface area contributed by atoms with Gasteiger partial charge in [-0.05, 0) is 63.1 Å². The number of aryl methyl sites for hydroxylation is 1. The van der Waals surface area contributed by atoms with E-state index in [1.54, 1.807) is 27.0 Å². The Kier molecular flexibility index (Phi) is 6.50. The lowest BCUT2D eigenvalue weighted by atomic mass is 9.99. The molecule has 1 amide bonds. The van der Waals surface area contributed by atoms with Gasteiger partial charge in [0.05, 0.1) is 0 Å². The number of nitrogens with zero attached hydrogens (tertiary/aromatic N) is 2. The van der Waals surface area contributed by atoms with Crippen LogP contribution in [0.3, 0.4) is 0 Å². The number of nitrogen functional groups attached to an aromatic ring is 1. The van der Waals surface area contributed by atoms with Crippen molar-refractivity contribution in [2.45, 2.75) is 58.2 Å². The standard InChI is InChI=1S/C23H30F2N4O2/c1-15-5-6-17(12-27-15)18-9-16(10-19(26)11-18)13-29-8-7-23(24,25)20(14-29)28-21(30)31-22(2,3)4/h5-6,9-12,20H,7-8,13-14,26H2,1-4H3,(H,28,30)/t20-/m1/s1. The van der Waals surface area contributed by atoms with Crippen molar-refractivity contribution >= 4 is 11.8 Å². The van der Waals surface area contributed by atoms with E-state index in [1.807, 2.05) is 42.2 Å².